The highest BCUT2D eigenvalue weighted by atomic mass is 16.5. The molecule has 1 saturated heterocycles. The second kappa shape index (κ2) is 28.3. The molecule has 1 aliphatic heterocycles. The lowest BCUT2D eigenvalue weighted by Crippen LogP contribution is -2.37. The molecule has 0 atom stereocenters. The molecule has 37 heavy (non-hydrogen) atoms. The van der Waals surface area contributed by atoms with Crippen molar-refractivity contribution < 1.29 is 4.74 Å². The first-order valence-electron chi connectivity index (χ1n) is 16.8. The Morgan fingerprint density at radius 2 is 1.05 bits per heavy atom. The number of rotatable bonds is 21. The van der Waals surface area contributed by atoms with Crippen molar-refractivity contribution in [3.63, 3.8) is 0 Å². The zero-order valence-corrected chi connectivity index (χ0v) is 25.3. The number of ether oxygens (including phenoxy) is 1. The predicted octanol–water partition coefficient (Wildman–Crippen LogP) is 9.87. The third-order valence-corrected chi connectivity index (χ3v) is 7.97. The van der Waals surface area contributed by atoms with Crippen LogP contribution in [0.3, 0.4) is 0 Å². The van der Waals surface area contributed by atoms with Crippen molar-refractivity contribution in [3.05, 3.63) is 0 Å². The van der Waals surface area contributed by atoms with Crippen molar-refractivity contribution in [1.82, 2.24) is 4.90 Å². The molecule has 2 aliphatic rings. The van der Waals surface area contributed by atoms with Gasteiger partial charge in [-0.05, 0) is 12.8 Å². The van der Waals surface area contributed by atoms with Gasteiger partial charge in [0.1, 0.15) is 0 Å². The molecule has 0 N–H and O–H groups in total. The van der Waals surface area contributed by atoms with Crippen LogP contribution in [-0.4, -0.2) is 56.3 Å². The molecular formula is C33H65N3O. The summed E-state index contributed by atoms with van der Waals surface area (Å²) in [4.78, 5) is 11.1. The van der Waals surface area contributed by atoms with Crippen LogP contribution in [0.2, 0.25) is 0 Å². The third-order valence-electron chi connectivity index (χ3n) is 7.97. The summed E-state index contributed by atoms with van der Waals surface area (Å²) in [6.45, 7) is 10.2. The predicted molar refractivity (Wildman–Crippen MR) is 163 cm³/mol. The monoisotopic (exact) mass is 520 g/mol. The lowest BCUT2D eigenvalue weighted by atomic mass is 9.96. The van der Waals surface area contributed by atoms with Crippen LogP contribution in [0.5, 0.6) is 0 Å². The molecule has 0 aromatic rings. The summed E-state index contributed by atoms with van der Waals surface area (Å²) in [5.41, 5.74) is 0. The molecule has 218 valence electrons. The van der Waals surface area contributed by atoms with E-state index in [0.29, 0.717) is 6.04 Å². The number of hydrogen-bond donors (Lipinski definition) is 0. The zero-order chi connectivity index (χ0) is 26.5. The molecule has 1 heterocycles. The van der Waals surface area contributed by atoms with E-state index in [-0.39, 0.29) is 0 Å². The number of nitrogens with zero attached hydrogens (tertiary/aromatic N) is 3. The molecular weight excluding hydrogens is 454 g/mol. The number of unbranched alkanes of at least 4 members (excludes halogenated alkanes) is 17. The first-order valence-corrected chi connectivity index (χ1v) is 16.8. The average Bonchev–Trinajstić information content (AvgIpc) is 2.94. The van der Waals surface area contributed by atoms with Crippen molar-refractivity contribution in [2.75, 3.05) is 39.4 Å². The van der Waals surface area contributed by atoms with Gasteiger partial charge in [0.2, 0.25) is 0 Å². The Bertz CT molecular complexity index is 488. The van der Waals surface area contributed by atoms with Gasteiger partial charge < -0.3 is 4.74 Å². The van der Waals surface area contributed by atoms with Crippen molar-refractivity contribution in [3.8, 4) is 0 Å². The molecule has 2 fully saturated rings. The van der Waals surface area contributed by atoms with E-state index in [1.54, 1.807) is 0 Å². The van der Waals surface area contributed by atoms with E-state index in [1.165, 1.54) is 148 Å². The molecule has 0 radical (unpaired) electrons. The highest BCUT2D eigenvalue weighted by molar-refractivity contribution is 5.41. The zero-order valence-electron chi connectivity index (χ0n) is 25.3. The summed E-state index contributed by atoms with van der Waals surface area (Å²) in [6.07, 6.45) is 32.9. The van der Waals surface area contributed by atoms with Gasteiger partial charge in [0.15, 0.2) is 0 Å². The second-order valence-electron chi connectivity index (χ2n) is 11.5. The molecule has 2 rings (SSSR count). The largest absolute Gasteiger partial charge is 0.379 e. The van der Waals surface area contributed by atoms with E-state index in [2.05, 4.69) is 34.7 Å². The van der Waals surface area contributed by atoms with Crippen molar-refractivity contribution in [2.45, 2.75) is 168 Å². The molecule has 1 aliphatic carbocycles. The molecule has 4 heteroatoms. The Morgan fingerprint density at radius 3 is 1.49 bits per heavy atom. The van der Waals surface area contributed by atoms with Crippen LogP contribution in [0.25, 0.3) is 0 Å². The van der Waals surface area contributed by atoms with Gasteiger partial charge in [-0.3, -0.25) is 4.90 Å². The molecule has 1 saturated carbocycles. The van der Waals surface area contributed by atoms with Gasteiger partial charge in [-0.25, -0.2) is 9.98 Å². The molecule has 0 amide bonds. The van der Waals surface area contributed by atoms with Gasteiger partial charge in [-0.1, -0.05) is 149 Å². The van der Waals surface area contributed by atoms with Crippen molar-refractivity contribution >= 4 is 6.01 Å². The molecule has 4 nitrogen and oxygen atoms in total. The summed E-state index contributed by atoms with van der Waals surface area (Å²) >= 11 is 0. The van der Waals surface area contributed by atoms with Gasteiger partial charge in [0, 0.05) is 19.6 Å². The van der Waals surface area contributed by atoms with Gasteiger partial charge in [0.25, 0.3) is 0 Å². The highest BCUT2D eigenvalue weighted by Crippen LogP contribution is 2.19. The van der Waals surface area contributed by atoms with Crippen LogP contribution >= 0.6 is 0 Å². The highest BCUT2D eigenvalue weighted by Gasteiger charge is 2.11. The van der Waals surface area contributed by atoms with Crippen molar-refractivity contribution in [1.29, 1.82) is 0 Å². The van der Waals surface area contributed by atoms with Crippen LogP contribution in [0.4, 0.5) is 0 Å². The van der Waals surface area contributed by atoms with Crippen LogP contribution in [-0.2, 0) is 4.74 Å². The molecule has 0 bridgehead atoms. The van der Waals surface area contributed by atoms with E-state index in [1.807, 2.05) is 0 Å². The summed E-state index contributed by atoms with van der Waals surface area (Å²) in [7, 11) is 0. The minimum absolute atomic E-state index is 0.496. The SMILES string of the molecule is C(=NCCN1CCOCC1)=NC1CCCCC1.CCCCCCCCCCCCCCCCCCCC. The Labute approximate surface area is 232 Å². The standard InChI is InChI=1S/C20H42.C13H23N3O/c1-3-5-7-9-11-13-15-17-19-20-18-16-14-12-10-8-6-4-2;1-2-4-13(5-3-1)15-12-14-6-7-16-8-10-17-11-9-16/h3-20H2,1-2H3;13H,1-11H2. The molecule has 0 aromatic carbocycles. The van der Waals surface area contributed by atoms with Crippen molar-refractivity contribution in [2.24, 2.45) is 9.98 Å². The summed E-state index contributed by atoms with van der Waals surface area (Å²) in [5, 5.41) is 0. The third kappa shape index (κ3) is 24.1. The molecule has 0 unspecified atom stereocenters. The minimum atomic E-state index is 0.496. The second-order valence-corrected chi connectivity index (χ2v) is 11.5. The summed E-state index contributed by atoms with van der Waals surface area (Å²) in [6, 6.07) is 3.38. The topological polar surface area (TPSA) is 37.2 Å². The Morgan fingerprint density at radius 1 is 0.622 bits per heavy atom. The quantitative estimate of drug-likeness (QED) is 0.112. The van der Waals surface area contributed by atoms with Crippen LogP contribution in [0, 0.1) is 0 Å². The molecule has 0 spiro atoms. The normalized spacial score (nSPS) is 16.6. The van der Waals surface area contributed by atoms with Gasteiger partial charge in [0.05, 0.1) is 31.8 Å². The lowest BCUT2D eigenvalue weighted by molar-refractivity contribution is 0.0395. The van der Waals surface area contributed by atoms with E-state index < -0.39 is 0 Å². The first kappa shape index (κ1) is 34.3. The summed E-state index contributed by atoms with van der Waals surface area (Å²) in [5.74, 6) is 0. The number of hydrogen-bond acceptors (Lipinski definition) is 4. The van der Waals surface area contributed by atoms with E-state index >= 15 is 0 Å². The van der Waals surface area contributed by atoms with E-state index in [9.17, 15) is 0 Å². The molecule has 0 aromatic heterocycles. The fraction of sp³-hybridized carbons (Fsp3) is 0.970. The van der Waals surface area contributed by atoms with E-state index in [0.717, 1.165) is 39.4 Å². The van der Waals surface area contributed by atoms with Gasteiger partial charge in [-0.2, -0.15) is 0 Å². The van der Waals surface area contributed by atoms with Crippen LogP contribution in [0.15, 0.2) is 9.98 Å². The fourth-order valence-corrected chi connectivity index (χ4v) is 5.37. The fourth-order valence-electron chi connectivity index (χ4n) is 5.37. The van der Waals surface area contributed by atoms with Gasteiger partial charge in [-0.15, -0.1) is 0 Å². The smallest absolute Gasteiger partial charge is 0.0895 e. The number of morpholine rings is 1. The average molecular weight is 520 g/mol. The Hall–Kier alpha value is -0.700. The van der Waals surface area contributed by atoms with Crippen LogP contribution in [0.1, 0.15) is 162 Å². The van der Waals surface area contributed by atoms with Crippen LogP contribution < -0.4 is 0 Å². The summed E-state index contributed by atoms with van der Waals surface area (Å²) < 4.78 is 5.30. The Balaban J connectivity index is 0.000000373. The van der Waals surface area contributed by atoms with E-state index in [4.69, 9.17) is 4.74 Å². The Kier molecular flexibility index (Phi) is 26.3. The first-order chi connectivity index (χ1) is 18.4. The lowest BCUT2D eigenvalue weighted by Gasteiger charge is -2.25. The minimum Gasteiger partial charge on any atom is -0.379 e. The van der Waals surface area contributed by atoms with Gasteiger partial charge >= 0.3 is 0 Å². The number of aliphatic imine (C=N–C) groups is 2. The maximum Gasteiger partial charge on any atom is 0.0895 e. The maximum absolute atomic E-state index is 5.30. The maximum atomic E-state index is 5.30.